The van der Waals surface area contributed by atoms with Crippen LogP contribution in [-0.2, 0) is 0 Å². The van der Waals surface area contributed by atoms with Crippen LogP contribution in [0.15, 0.2) is 188 Å². The minimum Gasteiger partial charge on any atom is -0.310 e. The first-order valence-corrected chi connectivity index (χ1v) is 16.9. The van der Waals surface area contributed by atoms with E-state index >= 15 is 0 Å². The molecule has 0 unspecified atom stereocenters. The average molecular weight is 622 g/mol. The Morgan fingerprint density at radius 1 is 0.224 bits per heavy atom. The predicted octanol–water partition coefficient (Wildman–Crippen LogP) is 13.7. The van der Waals surface area contributed by atoms with E-state index in [1.165, 1.54) is 75.8 Å². The van der Waals surface area contributed by atoms with Crippen LogP contribution in [0.3, 0.4) is 0 Å². The van der Waals surface area contributed by atoms with E-state index in [-0.39, 0.29) is 0 Å². The number of nitrogens with zero attached hydrogens (tertiary/aromatic N) is 1. The number of hydrogen-bond acceptors (Lipinski definition) is 1. The molecule has 0 aliphatic carbocycles. The maximum absolute atomic E-state index is 2.43. The number of hydrogen-bond donors (Lipinski definition) is 0. The summed E-state index contributed by atoms with van der Waals surface area (Å²) in [7, 11) is 0. The molecule has 0 N–H and O–H groups in total. The lowest BCUT2D eigenvalue weighted by molar-refractivity contribution is 1.29. The second kappa shape index (κ2) is 11.1. The molecule has 10 aromatic rings. The van der Waals surface area contributed by atoms with Gasteiger partial charge in [0.25, 0.3) is 0 Å². The van der Waals surface area contributed by atoms with Crippen LogP contribution in [0.2, 0.25) is 0 Å². The first-order valence-electron chi connectivity index (χ1n) is 16.9. The van der Waals surface area contributed by atoms with Gasteiger partial charge in [0.15, 0.2) is 0 Å². The van der Waals surface area contributed by atoms with Crippen molar-refractivity contribution in [1.29, 1.82) is 0 Å². The molecule has 0 bridgehead atoms. The van der Waals surface area contributed by atoms with Crippen molar-refractivity contribution >= 4 is 81.7 Å². The first kappa shape index (κ1) is 27.7. The molecule has 0 fully saturated rings. The molecule has 0 aliphatic heterocycles. The second-order valence-corrected chi connectivity index (χ2v) is 12.9. The van der Waals surface area contributed by atoms with Crippen LogP contribution in [0.1, 0.15) is 0 Å². The first-order chi connectivity index (χ1) is 24.3. The normalized spacial score (nSPS) is 11.7. The summed E-state index contributed by atoms with van der Waals surface area (Å²) in [5.41, 5.74) is 5.83. The SMILES string of the molecule is c1ccc(-c2cc3c4ccc(N(c5ccccc5)c5ccccc5)cc4c4ccccc4c4cccc5c6ccccc6c(c2)c3c45)cc1. The van der Waals surface area contributed by atoms with Crippen molar-refractivity contribution in [2.24, 2.45) is 0 Å². The molecule has 49 heavy (non-hydrogen) atoms. The third kappa shape index (κ3) is 4.33. The molecule has 0 aromatic heterocycles. The lowest BCUT2D eigenvalue weighted by atomic mass is 9.85. The summed E-state index contributed by atoms with van der Waals surface area (Å²) in [5.74, 6) is 0. The summed E-state index contributed by atoms with van der Waals surface area (Å²) < 4.78 is 0. The summed E-state index contributed by atoms with van der Waals surface area (Å²) in [6.07, 6.45) is 0. The van der Waals surface area contributed by atoms with E-state index in [0.717, 1.165) is 17.1 Å². The Morgan fingerprint density at radius 2 is 0.633 bits per heavy atom. The Kier molecular flexibility index (Phi) is 6.25. The summed E-state index contributed by atoms with van der Waals surface area (Å²) in [4.78, 5) is 2.36. The minimum atomic E-state index is 1.12. The van der Waals surface area contributed by atoms with E-state index < -0.39 is 0 Å². The lowest BCUT2D eigenvalue weighted by Crippen LogP contribution is -2.09. The zero-order valence-electron chi connectivity index (χ0n) is 26.8. The van der Waals surface area contributed by atoms with E-state index in [4.69, 9.17) is 0 Å². The van der Waals surface area contributed by atoms with Gasteiger partial charge in [-0.15, -0.1) is 0 Å². The fourth-order valence-electron chi connectivity index (χ4n) is 8.04. The number of benzene rings is 9. The molecular formula is C48H31N. The smallest absolute Gasteiger partial charge is 0.0468 e. The van der Waals surface area contributed by atoms with Gasteiger partial charge in [0.05, 0.1) is 0 Å². The van der Waals surface area contributed by atoms with Crippen molar-refractivity contribution in [2.45, 2.75) is 0 Å². The van der Waals surface area contributed by atoms with Crippen LogP contribution in [-0.4, -0.2) is 0 Å². The van der Waals surface area contributed by atoms with E-state index in [2.05, 4.69) is 193 Å². The van der Waals surface area contributed by atoms with Gasteiger partial charge >= 0.3 is 0 Å². The molecule has 1 heteroatoms. The highest BCUT2D eigenvalue weighted by atomic mass is 15.1. The molecule has 0 saturated carbocycles. The van der Waals surface area contributed by atoms with Gasteiger partial charge in [-0.1, -0.05) is 140 Å². The molecule has 0 heterocycles. The van der Waals surface area contributed by atoms with Crippen LogP contribution in [0, 0.1) is 0 Å². The van der Waals surface area contributed by atoms with Gasteiger partial charge in [0, 0.05) is 17.1 Å². The van der Waals surface area contributed by atoms with Crippen molar-refractivity contribution in [1.82, 2.24) is 0 Å². The molecule has 10 aromatic carbocycles. The van der Waals surface area contributed by atoms with Gasteiger partial charge in [-0.3, -0.25) is 0 Å². The van der Waals surface area contributed by atoms with E-state index in [1.807, 2.05) is 0 Å². The quantitative estimate of drug-likeness (QED) is 0.177. The van der Waals surface area contributed by atoms with Gasteiger partial charge in [-0.25, -0.2) is 0 Å². The molecule has 0 atom stereocenters. The van der Waals surface area contributed by atoms with E-state index in [0.29, 0.717) is 0 Å². The molecule has 0 aliphatic rings. The Morgan fingerprint density at radius 3 is 1.18 bits per heavy atom. The zero-order chi connectivity index (χ0) is 32.3. The number of para-hydroxylation sites is 2. The average Bonchev–Trinajstić information content (AvgIpc) is 3.18. The minimum absolute atomic E-state index is 1.12. The molecule has 10 rings (SSSR count). The third-order valence-corrected chi connectivity index (χ3v) is 10.2. The monoisotopic (exact) mass is 621 g/mol. The molecular weight excluding hydrogens is 591 g/mol. The topological polar surface area (TPSA) is 3.24 Å². The standard InChI is InChI=1S/C48H31N/c1-4-15-32(16-5-1)33-29-45-40-24-13-11-22-38(40)43-26-14-25-42-37-21-10-12-23-39(37)44-31-36(27-28-41(44)46(30-33)48(45)47(42)43)49(34-17-6-2-7-18-34)35-19-8-3-9-20-35/h1-31H. The van der Waals surface area contributed by atoms with Crippen molar-refractivity contribution in [3.8, 4) is 11.1 Å². The van der Waals surface area contributed by atoms with Crippen molar-refractivity contribution < 1.29 is 0 Å². The Hall–Kier alpha value is -6.44. The molecule has 228 valence electrons. The van der Waals surface area contributed by atoms with Crippen LogP contribution in [0.4, 0.5) is 17.1 Å². The highest BCUT2D eigenvalue weighted by Crippen LogP contribution is 2.46. The van der Waals surface area contributed by atoms with Crippen LogP contribution in [0.5, 0.6) is 0 Å². The maximum atomic E-state index is 2.43. The highest BCUT2D eigenvalue weighted by molar-refractivity contribution is 6.39. The number of fused-ring (bicyclic) bond motifs is 8. The van der Waals surface area contributed by atoms with Gasteiger partial charge in [0.2, 0.25) is 0 Å². The Bertz CT molecular complexity index is 2820. The second-order valence-electron chi connectivity index (χ2n) is 12.9. The molecule has 0 amide bonds. The van der Waals surface area contributed by atoms with Crippen molar-refractivity contribution in [2.75, 3.05) is 4.90 Å². The van der Waals surface area contributed by atoms with E-state index in [9.17, 15) is 0 Å². The lowest BCUT2D eigenvalue weighted by Gasteiger charge is -2.26. The largest absolute Gasteiger partial charge is 0.310 e. The highest BCUT2D eigenvalue weighted by Gasteiger charge is 2.19. The van der Waals surface area contributed by atoms with Gasteiger partial charge < -0.3 is 4.90 Å². The Balaban J connectivity index is 1.44. The molecule has 0 spiro atoms. The fraction of sp³-hybridized carbons (Fsp3) is 0. The number of rotatable bonds is 4. The Labute approximate surface area is 284 Å². The van der Waals surface area contributed by atoms with Crippen molar-refractivity contribution in [3.05, 3.63) is 188 Å². The van der Waals surface area contributed by atoms with Gasteiger partial charge in [0.1, 0.15) is 0 Å². The van der Waals surface area contributed by atoms with Crippen molar-refractivity contribution in [3.63, 3.8) is 0 Å². The summed E-state index contributed by atoms with van der Waals surface area (Å²) >= 11 is 0. The number of anilines is 3. The van der Waals surface area contributed by atoms with Gasteiger partial charge in [-0.2, -0.15) is 0 Å². The molecule has 0 radical (unpaired) electrons. The maximum Gasteiger partial charge on any atom is 0.0468 e. The predicted molar refractivity (Wildman–Crippen MR) is 212 cm³/mol. The van der Waals surface area contributed by atoms with Crippen LogP contribution in [0.25, 0.3) is 75.8 Å². The zero-order valence-corrected chi connectivity index (χ0v) is 26.8. The molecule has 0 saturated heterocycles. The van der Waals surface area contributed by atoms with Gasteiger partial charge in [-0.05, 0) is 124 Å². The summed E-state index contributed by atoms with van der Waals surface area (Å²) in [6.45, 7) is 0. The van der Waals surface area contributed by atoms with Crippen LogP contribution >= 0.6 is 0 Å². The fourth-order valence-corrected chi connectivity index (χ4v) is 8.04. The van der Waals surface area contributed by atoms with E-state index in [1.54, 1.807) is 0 Å². The summed E-state index contributed by atoms with van der Waals surface area (Å²) in [6, 6.07) is 68.8. The van der Waals surface area contributed by atoms with Crippen LogP contribution < -0.4 is 4.90 Å². The third-order valence-electron chi connectivity index (χ3n) is 10.2. The summed E-state index contributed by atoms with van der Waals surface area (Å²) in [5, 5.41) is 15.3. The molecule has 1 nitrogen and oxygen atoms in total.